The molecule has 0 spiro atoms. The first-order valence-corrected chi connectivity index (χ1v) is 13.0. The topological polar surface area (TPSA) is 80.6 Å². The van der Waals surface area contributed by atoms with Crippen molar-refractivity contribution in [2.45, 2.75) is 39.0 Å². The molecule has 1 unspecified atom stereocenters. The number of nitrogens with zero attached hydrogens (tertiary/aromatic N) is 5. The maximum Gasteiger partial charge on any atom is 0.416 e. The number of pyridine rings is 1. The number of hydrogen-bond donors (Lipinski definition) is 0. The molecule has 2 aliphatic heterocycles. The number of rotatable bonds is 6. The molecule has 0 radical (unpaired) electrons. The number of benzene rings is 2. The van der Waals surface area contributed by atoms with Gasteiger partial charge in [-0.05, 0) is 49.7 Å². The first-order chi connectivity index (χ1) is 19.1. The third-order valence-electron chi connectivity index (χ3n) is 7.64. The summed E-state index contributed by atoms with van der Waals surface area (Å²) in [6.07, 6.45) is -3.74. The quantitative estimate of drug-likeness (QED) is 0.303. The molecule has 0 saturated heterocycles. The van der Waals surface area contributed by atoms with Crippen LogP contribution in [-0.4, -0.2) is 57.7 Å². The van der Waals surface area contributed by atoms with Crippen molar-refractivity contribution in [1.82, 2.24) is 19.7 Å². The molecule has 2 aromatic heterocycles. The van der Waals surface area contributed by atoms with Gasteiger partial charge in [0.15, 0.2) is 0 Å². The van der Waals surface area contributed by atoms with Gasteiger partial charge in [-0.1, -0.05) is 19.1 Å². The first kappa shape index (κ1) is 25.8. The van der Waals surface area contributed by atoms with Crippen LogP contribution in [0.4, 0.5) is 18.9 Å². The highest BCUT2D eigenvalue weighted by Gasteiger charge is 2.37. The second kappa shape index (κ2) is 9.35. The number of amides is 2. The van der Waals surface area contributed by atoms with Crippen molar-refractivity contribution in [3.05, 3.63) is 70.9 Å². The molecule has 0 fully saturated rings. The summed E-state index contributed by atoms with van der Waals surface area (Å²) in [6.45, 7) is 5.03. The van der Waals surface area contributed by atoms with Gasteiger partial charge in [-0.3, -0.25) is 19.2 Å². The van der Waals surface area contributed by atoms with Crippen LogP contribution in [0.3, 0.4) is 0 Å². The van der Waals surface area contributed by atoms with E-state index in [4.69, 9.17) is 14.8 Å². The molecule has 2 amide bonds. The minimum absolute atomic E-state index is 0.00920. The summed E-state index contributed by atoms with van der Waals surface area (Å²) in [7, 11) is 1.33. The van der Waals surface area contributed by atoms with Gasteiger partial charge in [-0.15, -0.1) is 0 Å². The Morgan fingerprint density at radius 1 is 1.00 bits per heavy atom. The molecule has 2 aromatic carbocycles. The number of alkyl halides is 3. The number of methoxy groups -OCH3 is 1. The molecule has 206 valence electrons. The Bertz CT molecular complexity index is 1640. The molecule has 0 bridgehead atoms. The van der Waals surface area contributed by atoms with Gasteiger partial charge in [0.1, 0.15) is 22.5 Å². The summed E-state index contributed by atoms with van der Waals surface area (Å²) in [6, 6.07) is 12.1. The minimum Gasteiger partial charge on any atom is -0.496 e. The molecular weight excluding hydrogens is 523 g/mol. The average Bonchev–Trinajstić information content (AvgIpc) is 3.41. The molecule has 0 aliphatic carbocycles. The fraction of sp³-hybridized carbons (Fsp3) is 0.310. The summed E-state index contributed by atoms with van der Waals surface area (Å²) in [5, 5.41) is 4.80. The number of aromatic nitrogens is 3. The Hall–Kier alpha value is -4.41. The smallest absolute Gasteiger partial charge is 0.416 e. The Balaban J connectivity index is 1.40. The van der Waals surface area contributed by atoms with Gasteiger partial charge >= 0.3 is 6.18 Å². The van der Waals surface area contributed by atoms with Crippen molar-refractivity contribution < 1.29 is 27.5 Å². The van der Waals surface area contributed by atoms with Gasteiger partial charge in [0, 0.05) is 30.4 Å². The van der Waals surface area contributed by atoms with Crippen molar-refractivity contribution in [3.63, 3.8) is 0 Å². The molecule has 4 aromatic rings. The zero-order valence-electron chi connectivity index (χ0n) is 22.1. The highest BCUT2D eigenvalue weighted by atomic mass is 19.4. The molecule has 8 nitrogen and oxygen atoms in total. The average molecular weight is 550 g/mol. The zero-order chi connectivity index (χ0) is 28.3. The summed E-state index contributed by atoms with van der Waals surface area (Å²) in [4.78, 5) is 34.1. The molecule has 6 rings (SSSR count). The summed E-state index contributed by atoms with van der Waals surface area (Å²) in [5.41, 5.74) is 3.71. The van der Waals surface area contributed by atoms with E-state index < -0.39 is 11.7 Å². The number of imide groups is 1. The highest BCUT2D eigenvalue weighted by molar-refractivity contribution is 6.21. The Kier molecular flexibility index (Phi) is 6.04. The number of carbonyl (C=O) groups excluding carboxylic acids is 2. The van der Waals surface area contributed by atoms with E-state index in [2.05, 4.69) is 11.8 Å². The van der Waals surface area contributed by atoms with Gasteiger partial charge in [0.05, 0.1) is 36.0 Å². The van der Waals surface area contributed by atoms with E-state index in [1.807, 2.05) is 17.7 Å². The number of carbonyl (C=O) groups is 2. The minimum atomic E-state index is -4.51. The molecule has 4 heterocycles. The van der Waals surface area contributed by atoms with Crippen LogP contribution in [0.15, 0.2) is 48.5 Å². The number of ether oxygens (including phenoxy) is 1. The SMILES string of the molecule is CCC1Cn2nc(-c3ccc(C(F)(F)F)cc3OC)c3nc(C)cc(c32)N1CCN1C(=O)c2ccccc2C1=O. The fourth-order valence-electron chi connectivity index (χ4n) is 5.68. The highest BCUT2D eigenvalue weighted by Crippen LogP contribution is 2.42. The maximum absolute atomic E-state index is 13.4. The molecule has 2 aliphatic rings. The summed E-state index contributed by atoms with van der Waals surface area (Å²) in [5.74, 6) is -0.549. The van der Waals surface area contributed by atoms with Crippen molar-refractivity contribution in [2.24, 2.45) is 0 Å². The van der Waals surface area contributed by atoms with Gasteiger partial charge in [0.2, 0.25) is 0 Å². The van der Waals surface area contributed by atoms with E-state index in [1.165, 1.54) is 18.1 Å². The second-order valence-corrected chi connectivity index (χ2v) is 9.99. The van der Waals surface area contributed by atoms with Crippen LogP contribution in [0.2, 0.25) is 0 Å². The second-order valence-electron chi connectivity index (χ2n) is 9.99. The lowest BCUT2D eigenvalue weighted by Crippen LogP contribution is -2.46. The van der Waals surface area contributed by atoms with Crippen molar-refractivity contribution >= 4 is 28.5 Å². The molecule has 0 saturated carbocycles. The zero-order valence-corrected chi connectivity index (χ0v) is 22.1. The number of fused-ring (bicyclic) bond motifs is 1. The van der Waals surface area contributed by atoms with E-state index in [9.17, 15) is 22.8 Å². The molecule has 40 heavy (non-hydrogen) atoms. The van der Waals surface area contributed by atoms with E-state index in [0.717, 1.165) is 29.8 Å². The summed E-state index contributed by atoms with van der Waals surface area (Å²) < 4.78 is 47.3. The van der Waals surface area contributed by atoms with E-state index >= 15 is 0 Å². The predicted octanol–water partition coefficient (Wildman–Crippen LogP) is 5.33. The monoisotopic (exact) mass is 549 g/mol. The fourth-order valence-corrected chi connectivity index (χ4v) is 5.68. The number of halogens is 3. The van der Waals surface area contributed by atoms with Crippen LogP contribution in [0.1, 0.15) is 45.3 Å². The standard InChI is InChI=1S/C29H26F3N5O3/c1-4-18-15-37-26-22(35(18)11-12-36-27(38)19-7-5-6-8-20(19)28(36)39)13-16(2)33-25(26)24(34-37)21-10-9-17(29(30,31)32)14-23(21)40-3/h5-10,13-14,18H,4,11-12,15H2,1-3H3. The van der Waals surface area contributed by atoms with Gasteiger partial charge < -0.3 is 9.64 Å². The third kappa shape index (κ3) is 3.99. The Morgan fingerprint density at radius 2 is 1.70 bits per heavy atom. The lowest BCUT2D eigenvalue weighted by molar-refractivity contribution is -0.137. The van der Waals surface area contributed by atoms with Gasteiger partial charge in [-0.2, -0.15) is 18.3 Å². The summed E-state index contributed by atoms with van der Waals surface area (Å²) >= 11 is 0. The van der Waals surface area contributed by atoms with Crippen molar-refractivity contribution in [3.8, 4) is 17.0 Å². The molecule has 11 heteroatoms. The number of aryl methyl sites for hydroxylation is 1. The van der Waals surface area contributed by atoms with E-state index in [1.54, 1.807) is 24.3 Å². The number of anilines is 1. The Labute approximate surface area is 228 Å². The van der Waals surface area contributed by atoms with Gasteiger partial charge in [-0.25, -0.2) is 4.98 Å². The first-order valence-electron chi connectivity index (χ1n) is 13.0. The molecule has 1 atom stereocenters. The van der Waals surface area contributed by atoms with Crippen LogP contribution in [0.5, 0.6) is 5.75 Å². The van der Waals surface area contributed by atoms with E-state index in [0.29, 0.717) is 46.7 Å². The van der Waals surface area contributed by atoms with Crippen LogP contribution < -0.4 is 9.64 Å². The number of hydrogen-bond acceptors (Lipinski definition) is 6. The van der Waals surface area contributed by atoms with Crippen LogP contribution in [-0.2, 0) is 12.7 Å². The van der Waals surface area contributed by atoms with Gasteiger partial charge in [0.25, 0.3) is 11.8 Å². The maximum atomic E-state index is 13.4. The van der Waals surface area contributed by atoms with Crippen LogP contribution in [0, 0.1) is 6.92 Å². The third-order valence-corrected chi connectivity index (χ3v) is 7.64. The van der Waals surface area contributed by atoms with E-state index in [-0.39, 0.29) is 30.2 Å². The molecule has 0 N–H and O–H groups in total. The van der Waals surface area contributed by atoms with Crippen molar-refractivity contribution in [2.75, 3.05) is 25.1 Å². The van der Waals surface area contributed by atoms with Crippen LogP contribution >= 0.6 is 0 Å². The van der Waals surface area contributed by atoms with Crippen molar-refractivity contribution in [1.29, 1.82) is 0 Å². The lowest BCUT2D eigenvalue weighted by Gasteiger charge is -2.38. The van der Waals surface area contributed by atoms with Crippen LogP contribution in [0.25, 0.3) is 22.3 Å². The lowest BCUT2D eigenvalue weighted by atomic mass is 10.0. The normalized spacial score (nSPS) is 16.7. The predicted molar refractivity (Wildman–Crippen MR) is 142 cm³/mol. The molecular formula is C29H26F3N5O3. The Morgan fingerprint density at radius 3 is 2.33 bits per heavy atom. The largest absolute Gasteiger partial charge is 0.496 e.